The first kappa shape index (κ1) is 17.8. The van der Waals surface area contributed by atoms with Crippen LogP contribution < -0.4 is 5.32 Å². The highest BCUT2D eigenvalue weighted by Crippen LogP contribution is 2.44. The maximum atomic E-state index is 13.5. The number of nitrogens with one attached hydrogen (secondary N) is 1. The van der Waals surface area contributed by atoms with Gasteiger partial charge < -0.3 is 15.5 Å². The van der Waals surface area contributed by atoms with Gasteiger partial charge in [0.15, 0.2) is 23.3 Å². The van der Waals surface area contributed by atoms with Gasteiger partial charge in [-0.3, -0.25) is 4.40 Å². The molecule has 5 rings (SSSR count). The zero-order valence-electron chi connectivity index (χ0n) is 14.5. The van der Waals surface area contributed by atoms with Crippen LogP contribution in [0.4, 0.5) is 14.6 Å². The molecule has 1 saturated carbocycles. The van der Waals surface area contributed by atoms with Crippen molar-refractivity contribution in [2.45, 2.75) is 35.8 Å². The van der Waals surface area contributed by atoms with Crippen LogP contribution >= 0.6 is 11.8 Å². The highest BCUT2D eigenvalue weighted by atomic mass is 32.2. The van der Waals surface area contributed by atoms with Gasteiger partial charge in [0.2, 0.25) is 5.65 Å². The summed E-state index contributed by atoms with van der Waals surface area (Å²) in [5.41, 5.74) is 1.26. The Morgan fingerprint density at radius 1 is 1.18 bits per heavy atom. The Kier molecular flexibility index (Phi) is 4.22. The lowest BCUT2D eigenvalue weighted by Crippen LogP contribution is -2.25. The number of hydrogen-bond acceptors (Lipinski definition) is 7. The molecule has 0 spiro atoms. The number of aromatic nitrogens is 4. The Bertz CT molecular complexity index is 1050. The molecule has 0 unspecified atom stereocenters. The summed E-state index contributed by atoms with van der Waals surface area (Å²) in [7, 11) is 0. The minimum Gasteiger partial charge on any atom is -0.390 e. The van der Waals surface area contributed by atoms with Gasteiger partial charge in [-0.05, 0) is 24.1 Å². The lowest BCUT2D eigenvalue weighted by atomic mass is 10.1. The van der Waals surface area contributed by atoms with Crippen molar-refractivity contribution in [1.29, 1.82) is 0 Å². The fourth-order valence-corrected chi connectivity index (χ4v) is 4.90. The Hall–Kier alpha value is -2.30. The molecule has 1 aliphatic carbocycles. The van der Waals surface area contributed by atoms with Crippen molar-refractivity contribution in [3.8, 4) is 0 Å². The fourth-order valence-electron chi connectivity index (χ4n) is 3.61. The Balaban J connectivity index is 1.38. The molecule has 7 nitrogen and oxygen atoms in total. The summed E-state index contributed by atoms with van der Waals surface area (Å²) in [5.74, 6) is -0.0954. The van der Waals surface area contributed by atoms with E-state index in [0.29, 0.717) is 23.0 Å². The number of rotatable bonds is 4. The Morgan fingerprint density at radius 2 is 2.04 bits per heavy atom. The van der Waals surface area contributed by atoms with Gasteiger partial charge in [0, 0.05) is 30.1 Å². The minimum absolute atomic E-state index is 0.0389. The van der Waals surface area contributed by atoms with Gasteiger partial charge in [-0.25, -0.2) is 13.8 Å². The van der Waals surface area contributed by atoms with Crippen molar-refractivity contribution in [2.75, 3.05) is 11.1 Å². The molecule has 3 aromatic rings. The summed E-state index contributed by atoms with van der Waals surface area (Å²) in [6.07, 6.45) is 2.42. The highest BCUT2D eigenvalue weighted by molar-refractivity contribution is 7.99. The number of halogens is 2. The molecule has 1 aromatic carbocycles. The number of anilines is 1. The highest BCUT2D eigenvalue weighted by Gasteiger charge is 2.40. The molecular formula is C18H17F2N5O2S. The SMILES string of the molecule is O[C@@H]1[C@H](O)CS[C@H]1c1nnc2c(N[C@H]3C[C@@H]3c3ccc(F)c(F)c3)nccn12. The molecule has 0 bridgehead atoms. The first-order valence-electron chi connectivity index (χ1n) is 8.92. The van der Waals surface area contributed by atoms with Crippen molar-refractivity contribution < 1.29 is 19.0 Å². The molecule has 2 aromatic heterocycles. The standard InChI is InChI=1S/C18H17F2N5O2S/c19-10-2-1-8(5-11(10)20)9-6-12(9)22-16-18-24-23-17(25(18)4-3-21-16)15-14(27)13(26)7-28-15/h1-5,9,12-15,26-27H,6-7H2,(H,21,22)/t9-,12+,13-,14-,15-/m1/s1. The van der Waals surface area contributed by atoms with Crippen molar-refractivity contribution in [1.82, 2.24) is 19.6 Å². The number of hydrogen-bond donors (Lipinski definition) is 3. The van der Waals surface area contributed by atoms with E-state index in [1.165, 1.54) is 17.8 Å². The van der Waals surface area contributed by atoms with Crippen molar-refractivity contribution >= 4 is 23.2 Å². The molecule has 0 amide bonds. The average Bonchev–Trinajstić information content (AvgIpc) is 3.19. The first-order valence-corrected chi connectivity index (χ1v) is 9.96. The van der Waals surface area contributed by atoms with Crippen LogP contribution in [0.15, 0.2) is 30.6 Å². The van der Waals surface area contributed by atoms with Crippen LogP contribution in [-0.4, -0.2) is 53.8 Å². The molecule has 3 heterocycles. The third kappa shape index (κ3) is 2.92. The van der Waals surface area contributed by atoms with Gasteiger partial charge in [0.05, 0.1) is 17.5 Å². The summed E-state index contributed by atoms with van der Waals surface area (Å²) < 4.78 is 28.4. The zero-order valence-corrected chi connectivity index (χ0v) is 15.4. The van der Waals surface area contributed by atoms with Crippen LogP contribution in [-0.2, 0) is 0 Å². The summed E-state index contributed by atoms with van der Waals surface area (Å²) in [6, 6.07) is 4.01. The second-order valence-electron chi connectivity index (χ2n) is 7.11. The van der Waals surface area contributed by atoms with E-state index in [-0.39, 0.29) is 17.2 Å². The molecule has 10 heteroatoms. The van der Waals surface area contributed by atoms with E-state index in [4.69, 9.17) is 0 Å². The largest absolute Gasteiger partial charge is 0.390 e. The fraction of sp³-hybridized carbons (Fsp3) is 0.389. The average molecular weight is 405 g/mol. The van der Waals surface area contributed by atoms with E-state index >= 15 is 0 Å². The molecule has 2 fully saturated rings. The molecule has 146 valence electrons. The Labute approximate surface area is 162 Å². The first-order chi connectivity index (χ1) is 13.5. The normalized spacial score (nSPS) is 29.4. The topological polar surface area (TPSA) is 95.6 Å². The smallest absolute Gasteiger partial charge is 0.203 e. The van der Waals surface area contributed by atoms with E-state index in [9.17, 15) is 19.0 Å². The van der Waals surface area contributed by atoms with Crippen LogP contribution in [0.5, 0.6) is 0 Å². The molecule has 28 heavy (non-hydrogen) atoms. The number of fused-ring (bicyclic) bond motifs is 1. The predicted molar refractivity (Wildman–Crippen MR) is 99.1 cm³/mol. The van der Waals surface area contributed by atoms with Crippen LogP contribution in [0.25, 0.3) is 5.65 Å². The lowest BCUT2D eigenvalue weighted by molar-refractivity contribution is 0.0404. The third-order valence-corrected chi connectivity index (χ3v) is 6.63. The molecular weight excluding hydrogens is 388 g/mol. The second-order valence-corrected chi connectivity index (χ2v) is 8.28. The number of aliphatic hydroxyl groups is 2. The molecule has 1 aliphatic heterocycles. The van der Waals surface area contributed by atoms with Gasteiger partial charge in [-0.2, -0.15) is 0 Å². The van der Waals surface area contributed by atoms with Gasteiger partial charge in [0.25, 0.3) is 0 Å². The van der Waals surface area contributed by atoms with Gasteiger partial charge in [-0.1, -0.05) is 6.07 Å². The second kappa shape index (κ2) is 6.64. The van der Waals surface area contributed by atoms with E-state index in [2.05, 4.69) is 20.5 Å². The number of nitrogens with zero attached hydrogens (tertiary/aromatic N) is 4. The van der Waals surface area contributed by atoms with E-state index in [1.54, 1.807) is 22.9 Å². The van der Waals surface area contributed by atoms with E-state index in [0.717, 1.165) is 18.1 Å². The van der Waals surface area contributed by atoms with Crippen LogP contribution in [0.3, 0.4) is 0 Å². The molecule has 1 saturated heterocycles. The van der Waals surface area contributed by atoms with Crippen molar-refractivity contribution in [2.24, 2.45) is 0 Å². The number of benzene rings is 1. The molecule has 5 atom stereocenters. The maximum Gasteiger partial charge on any atom is 0.203 e. The quantitative estimate of drug-likeness (QED) is 0.610. The van der Waals surface area contributed by atoms with Crippen LogP contribution in [0.2, 0.25) is 0 Å². The van der Waals surface area contributed by atoms with E-state index < -0.39 is 23.8 Å². The zero-order chi connectivity index (χ0) is 19.4. The molecule has 2 aliphatic rings. The monoisotopic (exact) mass is 405 g/mol. The van der Waals surface area contributed by atoms with Gasteiger partial charge in [0.1, 0.15) is 0 Å². The third-order valence-electron chi connectivity index (χ3n) is 5.24. The van der Waals surface area contributed by atoms with Crippen LogP contribution in [0, 0.1) is 11.6 Å². The molecule has 0 radical (unpaired) electrons. The molecule has 3 N–H and O–H groups in total. The van der Waals surface area contributed by atoms with Crippen molar-refractivity contribution in [3.63, 3.8) is 0 Å². The summed E-state index contributed by atoms with van der Waals surface area (Å²) >= 11 is 1.43. The predicted octanol–water partition coefficient (Wildman–Crippen LogP) is 1.88. The lowest BCUT2D eigenvalue weighted by Gasteiger charge is -2.13. The Morgan fingerprint density at radius 3 is 2.79 bits per heavy atom. The van der Waals surface area contributed by atoms with Gasteiger partial charge >= 0.3 is 0 Å². The van der Waals surface area contributed by atoms with E-state index in [1.807, 2.05) is 0 Å². The van der Waals surface area contributed by atoms with Crippen molar-refractivity contribution in [3.05, 3.63) is 53.6 Å². The summed E-state index contributed by atoms with van der Waals surface area (Å²) in [6.45, 7) is 0. The minimum atomic E-state index is -0.900. The number of thioether (sulfide) groups is 1. The number of aliphatic hydroxyl groups excluding tert-OH is 2. The summed E-state index contributed by atoms with van der Waals surface area (Å²) in [5, 5.41) is 31.3. The van der Waals surface area contributed by atoms with Gasteiger partial charge in [-0.15, -0.1) is 22.0 Å². The summed E-state index contributed by atoms with van der Waals surface area (Å²) in [4.78, 5) is 4.33. The maximum absolute atomic E-state index is 13.5. The van der Waals surface area contributed by atoms with Crippen LogP contribution in [0.1, 0.15) is 29.0 Å².